The Labute approximate surface area is 147 Å². The molecule has 24 heavy (non-hydrogen) atoms. The number of nitrogens with one attached hydrogen (secondary N) is 1. The van der Waals surface area contributed by atoms with Crippen molar-refractivity contribution in [1.29, 1.82) is 0 Å². The molecule has 1 heterocycles. The zero-order valence-electron chi connectivity index (χ0n) is 16.2. The Balaban J connectivity index is 1.96. The monoisotopic (exact) mass is 333 g/mol. The fourth-order valence-corrected chi connectivity index (χ4v) is 3.97. The summed E-state index contributed by atoms with van der Waals surface area (Å²) in [6.45, 7) is 11.6. The molecule has 0 bridgehead atoms. The predicted octanol–water partition coefficient (Wildman–Crippen LogP) is 4.17. The molecule has 0 aromatic carbocycles. The molecule has 1 aromatic rings. The third-order valence-electron chi connectivity index (χ3n) is 5.34. The molecule has 1 aliphatic carbocycles. The molecule has 136 valence electrons. The molecule has 1 saturated carbocycles. The van der Waals surface area contributed by atoms with E-state index in [2.05, 4.69) is 42.8 Å². The summed E-state index contributed by atoms with van der Waals surface area (Å²) in [4.78, 5) is 12.6. The Morgan fingerprint density at radius 3 is 2.75 bits per heavy atom. The van der Waals surface area contributed by atoms with E-state index in [4.69, 9.17) is 0 Å². The summed E-state index contributed by atoms with van der Waals surface area (Å²) in [6.07, 6.45) is 7.91. The first-order valence-corrected chi connectivity index (χ1v) is 9.74. The fourth-order valence-electron chi connectivity index (χ4n) is 3.97. The average Bonchev–Trinajstić information content (AvgIpc) is 3.04. The van der Waals surface area contributed by atoms with Crippen molar-refractivity contribution in [2.75, 3.05) is 0 Å². The lowest BCUT2D eigenvalue weighted by atomic mass is 9.96. The van der Waals surface area contributed by atoms with Gasteiger partial charge in [-0.05, 0) is 44.9 Å². The molecule has 1 aliphatic rings. The van der Waals surface area contributed by atoms with Gasteiger partial charge < -0.3 is 5.32 Å². The van der Waals surface area contributed by atoms with Crippen molar-refractivity contribution in [3.63, 3.8) is 0 Å². The molecule has 1 aromatic heterocycles. The normalized spacial score (nSPS) is 20.8. The third kappa shape index (κ3) is 4.84. The van der Waals surface area contributed by atoms with Crippen LogP contribution < -0.4 is 5.32 Å². The fraction of sp³-hybridized carbons (Fsp3) is 0.800. The van der Waals surface area contributed by atoms with E-state index in [1.807, 2.05) is 6.92 Å². The summed E-state index contributed by atoms with van der Waals surface area (Å²) >= 11 is 0. The van der Waals surface area contributed by atoms with Crippen LogP contribution in [0.2, 0.25) is 0 Å². The van der Waals surface area contributed by atoms with E-state index in [9.17, 15) is 4.79 Å². The van der Waals surface area contributed by atoms with Gasteiger partial charge in [-0.2, -0.15) is 5.10 Å². The first-order valence-electron chi connectivity index (χ1n) is 9.74. The standard InChI is InChI=1S/C20H35N3O/c1-6-7-9-17-10-8-11-19(17)21-20(24)12-18-15(4)22-23(16(18)5)13-14(2)3/h14,17,19H,6-13H2,1-5H3,(H,21,24). The Bertz CT molecular complexity index is 547. The minimum atomic E-state index is 0.165. The van der Waals surface area contributed by atoms with Crippen LogP contribution in [-0.2, 0) is 17.8 Å². The van der Waals surface area contributed by atoms with Gasteiger partial charge in [-0.3, -0.25) is 9.48 Å². The lowest BCUT2D eigenvalue weighted by Crippen LogP contribution is -2.38. The number of hydrogen-bond donors (Lipinski definition) is 1. The van der Waals surface area contributed by atoms with Crippen LogP contribution in [0.3, 0.4) is 0 Å². The van der Waals surface area contributed by atoms with Gasteiger partial charge in [0.05, 0.1) is 12.1 Å². The van der Waals surface area contributed by atoms with Gasteiger partial charge in [0.25, 0.3) is 0 Å². The van der Waals surface area contributed by atoms with E-state index in [1.165, 1.54) is 32.1 Å². The first kappa shape index (κ1) is 19.0. The first-order chi connectivity index (χ1) is 11.4. The molecule has 0 saturated heterocycles. The molecular formula is C20H35N3O. The average molecular weight is 334 g/mol. The highest BCUT2D eigenvalue weighted by molar-refractivity contribution is 5.79. The summed E-state index contributed by atoms with van der Waals surface area (Å²) in [5, 5.41) is 7.94. The van der Waals surface area contributed by atoms with Crippen LogP contribution in [0, 0.1) is 25.7 Å². The molecule has 1 N–H and O–H groups in total. The number of nitrogens with zero attached hydrogens (tertiary/aromatic N) is 2. The maximum atomic E-state index is 12.6. The van der Waals surface area contributed by atoms with E-state index < -0.39 is 0 Å². The molecule has 0 radical (unpaired) electrons. The summed E-state index contributed by atoms with van der Waals surface area (Å²) in [5.41, 5.74) is 3.25. The Morgan fingerprint density at radius 2 is 2.08 bits per heavy atom. The number of aryl methyl sites for hydroxylation is 1. The number of amides is 1. The van der Waals surface area contributed by atoms with Crippen molar-refractivity contribution in [1.82, 2.24) is 15.1 Å². The van der Waals surface area contributed by atoms with Gasteiger partial charge in [0.1, 0.15) is 0 Å². The minimum Gasteiger partial charge on any atom is -0.353 e. The molecule has 1 fully saturated rings. The molecule has 1 amide bonds. The van der Waals surface area contributed by atoms with Crippen molar-refractivity contribution in [3.05, 3.63) is 17.0 Å². The largest absolute Gasteiger partial charge is 0.353 e. The zero-order valence-corrected chi connectivity index (χ0v) is 16.2. The van der Waals surface area contributed by atoms with Gasteiger partial charge in [-0.15, -0.1) is 0 Å². The van der Waals surface area contributed by atoms with Gasteiger partial charge in [-0.1, -0.05) is 40.0 Å². The van der Waals surface area contributed by atoms with Crippen molar-refractivity contribution >= 4 is 5.91 Å². The smallest absolute Gasteiger partial charge is 0.224 e. The van der Waals surface area contributed by atoms with Crippen molar-refractivity contribution < 1.29 is 4.79 Å². The molecule has 4 nitrogen and oxygen atoms in total. The highest BCUT2D eigenvalue weighted by atomic mass is 16.1. The SMILES string of the molecule is CCCCC1CCCC1NC(=O)Cc1c(C)nn(CC(C)C)c1C. The molecule has 0 spiro atoms. The Kier molecular flexibility index (Phi) is 6.88. The second kappa shape index (κ2) is 8.68. The van der Waals surface area contributed by atoms with Crippen LogP contribution in [0.15, 0.2) is 0 Å². The summed E-state index contributed by atoms with van der Waals surface area (Å²) < 4.78 is 2.06. The van der Waals surface area contributed by atoms with E-state index >= 15 is 0 Å². The number of unbranched alkanes of at least 4 members (excludes halogenated alkanes) is 1. The molecular weight excluding hydrogens is 298 g/mol. The van der Waals surface area contributed by atoms with Crippen molar-refractivity contribution in [2.24, 2.45) is 11.8 Å². The maximum Gasteiger partial charge on any atom is 0.224 e. The van der Waals surface area contributed by atoms with E-state index in [0.717, 1.165) is 29.9 Å². The van der Waals surface area contributed by atoms with Crippen LogP contribution in [0.1, 0.15) is 76.2 Å². The molecule has 2 unspecified atom stereocenters. The molecule has 4 heteroatoms. The van der Waals surface area contributed by atoms with Crippen molar-refractivity contribution in [3.8, 4) is 0 Å². The second-order valence-electron chi connectivity index (χ2n) is 7.91. The van der Waals surface area contributed by atoms with Gasteiger partial charge in [0.15, 0.2) is 0 Å². The Morgan fingerprint density at radius 1 is 1.33 bits per heavy atom. The summed E-state index contributed by atoms with van der Waals surface area (Å²) in [6, 6.07) is 0.385. The van der Waals surface area contributed by atoms with Crippen LogP contribution in [0.25, 0.3) is 0 Å². The van der Waals surface area contributed by atoms with Crippen molar-refractivity contribution in [2.45, 2.75) is 92.2 Å². The highest BCUT2D eigenvalue weighted by Gasteiger charge is 2.28. The highest BCUT2D eigenvalue weighted by Crippen LogP contribution is 2.30. The number of rotatable bonds is 8. The quantitative estimate of drug-likeness (QED) is 0.776. The molecule has 2 rings (SSSR count). The van der Waals surface area contributed by atoms with Crippen LogP contribution >= 0.6 is 0 Å². The van der Waals surface area contributed by atoms with E-state index in [0.29, 0.717) is 24.3 Å². The van der Waals surface area contributed by atoms with Gasteiger partial charge >= 0.3 is 0 Å². The maximum absolute atomic E-state index is 12.6. The predicted molar refractivity (Wildman–Crippen MR) is 99.0 cm³/mol. The number of hydrogen-bond acceptors (Lipinski definition) is 2. The zero-order chi connectivity index (χ0) is 17.7. The number of carbonyl (C=O) groups is 1. The van der Waals surface area contributed by atoms with Crippen LogP contribution in [-0.4, -0.2) is 21.7 Å². The lowest BCUT2D eigenvalue weighted by molar-refractivity contribution is -0.121. The van der Waals surface area contributed by atoms with E-state index in [-0.39, 0.29) is 5.91 Å². The Hall–Kier alpha value is -1.32. The topological polar surface area (TPSA) is 46.9 Å². The lowest BCUT2D eigenvalue weighted by Gasteiger charge is -2.21. The van der Waals surface area contributed by atoms with Gasteiger partial charge in [0, 0.05) is 23.8 Å². The second-order valence-corrected chi connectivity index (χ2v) is 7.91. The number of carbonyl (C=O) groups excluding carboxylic acids is 1. The summed E-state index contributed by atoms with van der Waals surface area (Å²) in [5.74, 6) is 1.40. The third-order valence-corrected chi connectivity index (χ3v) is 5.34. The van der Waals surface area contributed by atoms with Gasteiger partial charge in [0.2, 0.25) is 5.91 Å². The van der Waals surface area contributed by atoms with E-state index in [1.54, 1.807) is 0 Å². The minimum absolute atomic E-state index is 0.165. The van der Waals surface area contributed by atoms with Gasteiger partial charge in [-0.25, -0.2) is 0 Å². The summed E-state index contributed by atoms with van der Waals surface area (Å²) in [7, 11) is 0. The molecule has 0 aliphatic heterocycles. The van der Waals surface area contributed by atoms with Crippen LogP contribution in [0.4, 0.5) is 0 Å². The van der Waals surface area contributed by atoms with Crippen LogP contribution in [0.5, 0.6) is 0 Å². The molecule has 2 atom stereocenters. The number of aromatic nitrogens is 2.